The van der Waals surface area contributed by atoms with Crippen molar-refractivity contribution in [3.63, 3.8) is 0 Å². The maximum Gasteiger partial charge on any atom is 0.115 e. The molecule has 0 aliphatic heterocycles. The summed E-state index contributed by atoms with van der Waals surface area (Å²) in [5, 5.41) is 13.1. The summed E-state index contributed by atoms with van der Waals surface area (Å²) in [7, 11) is 0. The van der Waals surface area contributed by atoms with Crippen molar-refractivity contribution in [2.24, 2.45) is 0 Å². The molecule has 0 heterocycles. The topological polar surface area (TPSA) is 32.3 Å². The standard InChI is InChI=1S/C15H23NOS/c1-18-10-4-2-3-9-16-15-8-5-12-11-13(17)6-7-14(12)15/h6-7,11,15-17H,2-5,8-10H2,1H3. The number of fused-ring (bicyclic) bond motifs is 1. The highest BCUT2D eigenvalue weighted by molar-refractivity contribution is 7.98. The Morgan fingerprint density at radius 3 is 3.06 bits per heavy atom. The van der Waals surface area contributed by atoms with Crippen molar-refractivity contribution in [2.45, 2.75) is 38.1 Å². The van der Waals surface area contributed by atoms with Gasteiger partial charge in [0.2, 0.25) is 0 Å². The van der Waals surface area contributed by atoms with Crippen LogP contribution in [0.5, 0.6) is 5.75 Å². The first-order valence-corrected chi connectivity index (χ1v) is 8.25. The molecule has 1 unspecified atom stereocenters. The number of benzene rings is 1. The molecule has 0 fully saturated rings. The van der Waals surface area contributed by atoms with Crippen molar-refractivity contribution in [2.75, 3.05) is 18.6 Å². The first kappa shape index (κ1) is 13.8. The molecule has 1 aliphatic carbocycles. The molecule has 100 valence electrons. The Labute approximate surface area is 114 Å². The van der Waals surface area contributed by atoms with Gasteiger partial charge in [-0.15, -0.1) is 0 Å². The predicted octanol–water partition coefficient (Wildman–Crippen LogP) is 3.50. The second-order valence-corrected chi connectivity index (χ2v) is 5.97. The lowest BCUT2D eigenvalue weighted by Gasteiger charge is -2.14. The third-order valence-electron chi connectivity index (χ3n) is 3.62. The number of nitrogens with one attached hydrogen (secondary N) is 1. The van der Waals surface area contributed by atoms with Crippen LogP contribution in [0.25, 0.3) is 0 Å². The van der Waals surface area contributed by atoms with Crippen LogP contribution in [-0.2, 0) is 6.42 Å². The molecule has 1 aromatic rings. The van der Waals surface area contributed by atoms with Crippen LogP contribution < -0.4 is 5.32 Å². The average molecular weight is 265 g/mol. The fourth-order valence-electron chi connectivity index (χ4n) is 2.64. The highest BCUT2D eigenvalue weighted by Crippen LogP contribution is 2.33. The smallest absolute Gasteiger partial charge is 0.115 e. The van der Waals surface area contributed by atoms with Gasteiger partial charge in [0.1, 0.15) is 5.75 Å². The van der Waals surface area contributed by atoms with Gasteiger partial charge in [-0.05, 0) is 67.5 Å². The zero-order valence-electron chi connectivity index (χ0n) is 11.1. The van der Waals surface area contributed by atoms with Crippen LogP contribution in [0.15, 0.2) is 18.2 Å². The number of phenolic OH excluding ortho intramolecular Hbond substituents is 1. The van der Waals surface area contributed by atoms with Crippen molar-refractivity contribution in [1.82, 2.24) is 5.32 Å². The summed E-state index contributed by atoms with van der Waals surface area (Å²) in [5.41, 5.74) is 2.70. The summed E-state index contributed by atoms with van der Waals surface area (Å²) in [5.74, 6) is 1.68. The summed E-state index contributed by atoms with van der Waals surface area (Å²) < 4.78 is 0. The van der Waals surface area contributed by atoms with Gasteiger partial charge in [-0.3, -0.25) is 0 Å². The molecule has 0 amide bonds. The molecule has 1 aromatic carbocycles. The third-order valence-corrected chi connectivity index (χ3v) is 4.32. The zero-order chi connectivity index (χ0) is 12.8. The quantitative estimate of drug-likeness (QED) is 0.740. The molecule has 2 rings (SSSR count). The van der Waals surface area contributed by atoms with E-state index < -0.39 is 0 Å². The lowest BCUT2D eigenvalue weighted by Crippen LogP contribution is -2.20. The Morgan fingerprint density at radius 2 is 2.22 bits per heavy atom. The summed E-state index contributed by atoms with van der Waals surface area (Å²) in [6, 6.07) is 6.29. The van der Waals surface area contributed by atoms with Crippen LogP contribution in [-0.4, -0.2) is 23.7 Å². The summed E-state index contributed by atoms with van der Waals surface area (Å²) in [6.07, 6.45) is 8.35. The monoisotopic (exact) mass is 265 g/mol. The highest BCUT2D eigenvalue weighted by atomic mass is 32.2. The maximum absolute atomic E-state index is 9.46. The first-order valence-electron chi connectivity index (χ1n) is 6.85. The fourth-order valence-corrected chi connectivity index (χ4v) is 3.13. The summed E-state index contributed by atoms with van der Waals surface area (Å²) >= 11 is 1.93. The van der Waals surface area contributed by atoms with Crippen LogP contribution in [0, 0.1) is 0 Å². The minimum atomic E-state index is 0.395. The second-order valence-electron chi connectivity index (χ2n) is 4.98. The molecular weight excluding hydrogens is 242 g/mol. The lowest BCUT2D eigenvalue weighted by atomic mass is 10.1. The number of phenols is 1. The Balaban J connectivity index is 1.73. The van der Waals surface area contributed by atoms with E-state index in [0.717, 1.165) is 13.0 Å². The van der Waals surface area contributed by atoms with Crippen molar-refractivity contribution in [3.05, 3.63) is 29.3 Å². The van der Waals surface area contributed by atoms with Gasteiger partial charge in [0.05, 0.1) is 0 Å². The highest BCUT2D eigenvalue weighted by Gasteiger charge is 2.21. The van der Waals surface area contributed by atoms with E-state index in [4.69, 9.17) is 0 Å². The number of hydrogen-bond acceptors (Lipinski definition) is 3. The van der Waals surface area contributed by atoms with Gasteiger partial charge in [0, 0.05) is 6.04 Å². The normalized spacial score (nSPS) is 17.9. The third kappa shape index (κ3) is 3.66. The van der Waals surface area contributed by atoms with Crippen molar-refractivity contribution in [3.8, 4) is 5.75 Å². The van der Waals surface area contributed by atoms with E-state index in [9.17, 15) is 5.11 Å². The Kier molecular flexibility index (Phi) is 5.39. The zero-order valence-corrected chi connectivity index (χ0v) is 11.9. The number of rotatable bonds is 7. The molecule has 1 atom stereocenters. The number of hydrogen-bond donors (Lipinski definition) is 2. The molecule has 0 aromatic heterocycles. The number of aryl methyl sites for hydroxylation is 1. The molecule has 0 bridgehead atoms. The van der Waals surface area contributed by atoms with Crippen molar-refractivity contribution < 1.29 is 5.11 Å². The van der Waals surface area contributed by atoms with Gasteiger partial charge in [0.25, 0.3) is 0 Å². The van der Waals surface area contributed by atoms with Gasteiger partial charge >= 0.3 is 0 Å². The molecule has 0 radical (unpaired) electrons. The van der Waals surface area contributed by atoms with Gasteiger partial charge in [-0.2, -0.15) is 11.8 Å². The summed E-state index contributed by atoms with van der Waals surface area (Å²) in [4.78, 5) is 0. The molecule has 2 nitrogen and oxygen atoms in total. The minimum absolute atomic E-state index is 0.395. The van der Waals surface area contributed by atoms with E-state index >= 15 is 0 Å². The number of aromatic hydroxyl groups is 1. The average Bonchev–Trinajstić information content (AvgIpc) is 2.76. The van der Waals surface area contributed by atoms with Crippen LogP contribution in [0.3, 0.4) is 0 Å². The number of unbranched alkanes of at least 4 members (excludes halogenated alkanes) is 2. The van der Waals surface area contributed by atoms with Gasteiger partial charge in [0.15, 0.2) is 0 Å². The van der Waals surface area contributed by atoms with Crippen molar-refractivity contribution >= 4 is 11.8 Å². The van der Waals surface area contributed by atoms with Crippen LogP contribution in [0.4, 0.5) is 0 Å². The van der Waals surface area contributed by atoms with E-state index in [2.05, 4.69) is 17.6 Å². The van der Waals surface area contributed by atoms with Crippen LogP contribution in [0.1, 0.15) is 42.9 Å². The van der Waals surface area contributed by atoms with Gasteiger partial charge < -0.3 is 10.4 Å². The molecule has 3 heteroatoms. The van der Waals surface area contributed by atoms with Gasteiger partial charge in [-0.1, -0.05) is 12.5 Å². The van der Waals surface area contributed by atoms with E-state index in [-0.39, 0.29) is 0 Å². The molecule has 0 saturated carbocycles. The predicted molar refractivity (Wildman–Crippen MR) is 79.4 cm³/mol. The van der Waals surface area contributed by atoms with Crippen LogP contribution in [0.2, 0.25) is 0 Å². The summed E-state index contributed by atoms with van der Waals surface area (Å²) in [6.45, 7) is 1.11. The Morgan fingerprint density at radius 1 is 1.33 bits per heavy atom. The molecule has 0 saturated heterocycles. The molecule has 0 spiro atoms. The minimum Gasteiger partial charge on any atom is -0.508 e. The Bertz CT molecular complexity index is 381. The lowest BCUT2D eigenvalue weighted by molar-refractivity contribution is 0.474. The van der Waals surface area contributed by atoms with E-state index in [1.807, 2.05) is 17.8 Å². The molecule has 1 aliphatic rings. The van der Waals surface area contributed by atoms with Gasteiger partial charge in [-0.25, -0.2) is 0 Å². The Hall–Kier alpha value is -0.670. The van der Waals surface area contributed by atoms with E-state index in [1.54, 1.807) is 6.07 Å². The molecule has 18 heavy (non-hydrogen) atoms. The largest absolute Gasteiger partial charge is 0.508 e. The maximum atomic E-state index is 9.46. The fraction of sp³-hybridized carbons (Fsp3) is 0.600. The van der Waals surface area contributed by atoms with Crippen LogP contribution >= 0.6 is 11.8 Å². The van der Waals surface area contributed by atoms with E-state index in [1.165, 1.54) is 42.6 Å². The van der Waals surface area contributed by atoms with E-state index in [0.29, 0.717) is 11.8 Å². The SMILES string of the molecule is CSCCCCCNC1CCc2cc(O)ccc21. The van der Waals surface area contributed by atoms with Crippen molar-refractivity contribution in [1.29, 1.82) is 0 Å². The first-order chi connectivity index (χ1) is 8.81. The second kappa shape index (κ2) is 7.05. The molecule has 2 N–H and O–H groups in total. The number of thioether (sulfide) groups is 1. The molecular formula is C15H23NOS.